The predicted octanol–water partition coefficient (Wildman–Crippen LogP) is 3.21. The number of anilines is 1. The van der Waals surface area contributed by atoms with E-state index in [1.807, 2.05) is 14.1 Å². The first-order chi connectivity index (χ1) is 14.2. The lowest BCUT2D eigenvalue weighted by Gasteiger charge is -2.31. The number of hydrogen-bond donors (Lipinski definition) is 1. The largest absolute Gasteiger partial charge is 0.383 e. The van der Waals surface area contributed by atoms with Gasteiger partial charge in [-0.3, -0.25) is 4.79 Å². The van der Waals surface area contributed by atoms with E-state index >= 15 is 0 Å². The first kappa shape index (κ1) is 22.3. The van der Waals surface area contributed by atoms with Crippen LogP contribution in [0.3, 0.4) is 0 Å². The van der Waals surface area contributed by atoms with Gasteiger partial charge in [0.2, 0.25) is 15.9 Å². The number of halogens is 1. The molecule has 0 radical (unpaired) electrons. The van der Waals surface area contributed by atoms with Crippen LogP contribution in [0.2, 0.25) is 5.02 Å². The Morgan fingerprint density at radius 2 is 2.10 bits per heavy atom. The van der Waals surface area contributed by atoms with Crippen molar-refractivity contribution in [3.63, 3.8) is 0 Å². The van der Waals surface area contributed by atoms with Crippen LogP contribution < -0.4 is 5.32 Å². The highest BCUT2D eigenvalue weighted by molar-refractivity contribution is 7.89. The molecule has 1 aromatic heterocycles. The molecule has 1 aliphatic heterocycles. The second kappa shape index (κ2) is 9.20. The second-order valence-corrected chi connectivity index (χ2v) is 9.69. The van der Waals surface area contributed by atoms with Crippen LogP contribution in [0.5, 0.6) is 0 Å². The Balaban J connectivity index is 1.80. The molecular formula is C20H25ClN4O4S. The molecule has 0 saturated carbocycles. The van der Waals surface area contributed by atoms with E-state index in [0.717, 1.165) is 0 Å². The summed E-state index contributed by atoms with van der Waals surface area (Å²) in [7, 11) is -0.234. The molecule has 1 fully saturated rings. The lowest BCUT2D eigenvalue weighted by molar-refractivity contribution is -0.120. The normalized spacial score (nSPS) is 17.9. The fourth-order valence-electron chi connectivity index (χ4n) is 3.32. The van der Waals surface area contributed by atoms with Crippen molar-refractivity contribution >= 4 is 39.3 Å². The summed E-state index contributed by atoms with van der Waals surface area (Å²) in [5.41, 5.74) is 0.797. The Bertz CT molecular complexity index is 1050. The number of carbonyl (C=O) groups is 1. The average molecular weight is 453 g/mol. The maximum absolute atomic E-state index is 13.3. The van der Waals surface area contributed by atoms with Crippen molar-refractivity contribution in [1.82, 2.24) is 14.4 Å². The van der Waals surface area contributed by atoms with Gasteiger partial charge in [-0.1, -0.05) is 28.9 Å². The lowest BCUT2D eigenvalue weighted by Crippen LogP contribution is -2.43. The minimum Gasteiger partial charge on any atom is -0.383 e. The maximum atomic E-state index is 13.3. The van der Waals surface area contributed by atoms with E-state index < -0.39 is 15.9 Å². The van der Waals surface area contributed by atoms with Crippen LogP contribution in [-0.4, -0.2) is 55.9 Å². The van der Waals surface area contributed by atoms with Crippen molar-refractivity contribution in [2.75, 3.05) is 32.5 Å². The molecule has 0 bridgehead atoms. The minimum absolute atomic E-state index is 0.0350. The van der Waals surface area contributed by atoms with Gasteiger partial charge in [0.15, 0.2) is 10.7 Å². The van der Waals surface area contributed by atoms with Crippen LogP contribution in [0.25, 0.3) is 6.08 Å². The highest BCUT2D eigenvalue weighted by Crippen LogP contribution is 2.30. The topological polar surface area (TPSA) is 95.8 Å². The van der Waals surface area contributed by atoms with Crippen LogP contribution in [0, 0.1) is 12.8 Å². The molecule has 1 aromatic carbocycles. The number of aryl methyl sites for hydroxylation is 1. The Morgan fingerprint density at radius 3 is 2.80 bits per heavy atom. The molecule has 1 aliphatic rings. The smallest absolute Gasteiger partial charge is 0.248 e. The first-order valence-electron chi connectivity index (χ1n) is 9.56. The highest BCUT2D eigenvalue weighted by Gasteiger charge is 2.37. The number of para-hydroxylation sites is 1. The van der Waals surface area contributed by atoms with Gasteiger partial charge >= 0.3 is 0 Å². The summed E-state index contributed by atoms with van der Waals surface area (Å²) in [6.45, 7) is 2.01. The monoisotopic (exact) mass is 452 g/mol. The molecule has 0 aliphatic carbocycles. The Labute approximate surface area is 181 Å². The van der Waals surface area contributed by atoms with Gasteiger partial charge in [-0.2, -0.15) is 4.31 Å². The summed E-state index contributed by atoms with van der Waals surface area (Å²) < 4.78 is 33.2. The molecule has 30 heavy (non-hydrogen) atoms. The zero-order valence-corrected chi connectivity index (χ0v) is 18.7. The van der Waals surface area contributed by atoms with E-state index in [4.69, 9.17) is 16.1 Å². The molecule has 1 saturated heterocycles. The second-order valence-electron chi connectivity index (χ2n) is 7.41. The highest BCUT2D eigenvalue weighted by atomic mass is 35.5. The summed E-state index contributed by atoms with van der Waals surface area (Å²) in [6.07, 6.45) is 4.43. The van der Waals surface area contributed by atoms with Gasteiger partial charge in [-0.05, 0) is 31.9 Å². The van der Waals surface area contributed by atoms with Crippen molar-refractivity contribution in [1.29, 1.82) is 0 Å². The molecule has 2 heterocycles. The number of nitrogens with one attached hydrogen (secondary N) is 1. The van der Waals surface area contributed by atoms with Crippen molar-refractivity contribution in [2.45, 2.75) is 24.7 Å². The molecular weight excluding hydrogens is 428 g/mol. The number of carbonyl (C=O) groups excluding carboxylic acids is 1. The maximum Gasteiger partial charge on any atom is 0.248 e. The molecule has 1 unspecified atom stereocenters. The number of benzene rings is 1. The Kier molecular flexibility index (Phi) is 6.84. The van der Waals surface area contributed by atoms with Crippen LogP contribution in [0.4, 0.5) is 5.69 Å². The zero-order valence-electron chi connectivity index (χ0n) is 17.1. The number of sulfonamides is 1. The number of aromatic nitrogens is 1. The Hall–Kier alpha value is -2.36. The quantitative estimate of drug-likeness (QED) is 0.723. The molecule has 8 nitrogen and oxygen atoms in total. The van der Waals surface area contributed by atoms with Gasteiger partial charge in [0.25, 0.3) is 0 Å². The van der Waals surface area contributed by atoms with Crippen LogP contribution >= 0.6 is 11.6 Å². The molecule has 3 rings (SSSR count). The van der Waals surface area contributed by atoms with Gasteiger partial charge in [-0.15, -0.1) is 0 Å². The molecule has 1 amide bonds. The van der Waals surface area contributed by atoms with Gasteiger partial charge in [0.05, 0.1) is 16.6 Å². The van der Waals surface area contributed by atoms with Gasteiger partial charge in [-0.25, -0.2) is 8.42 Å². The van der Waals surface area contributed by atoms with Crippen molar-refractivity contribution in [2.24, 2.45) is 5.92 Å². The predicted molar refractivity (Wildman–Crippen MR) is 116 cm³/mol. The number of rotatable bonds is 6. The number of nitrogens with zero attached hydrogens (tertiary/aromatic N) is 3. The summed E-state index contributed by atoms with van der Waals surface area (Å²) in [5, 5.41) is 7.07. The van der Waals surface area contributed by atoms with Crippen LogP contribution in [0.1, 0.15) is 24.3 Å². The van der Waals surface area contributed by atoms with E-state index in [-0.39, 0.29) is 28.8 Å². The summed E-state index contributed by atoms with van der Waals surface area (Å²) in [5.74, 6) is -0.563. The molecule has 2 aromatic rings. The zero-order chi connectivity index (χ0) is 21.9. The molecule has 1 N–H and O–H groups in total. The molecule has 162 valence electrons. The minimum atomic E-state index is -3.87. The number of hydrogen-bond acceptors (Lipinski definition) is 6. The number of amides is 1. The number of piperidine rings is 1. The van der Waals surface area contributed by atoms with E-state index in [1.165, 1.54) is 4.31 Å². The van der Waals surface area contributed by atoms with Crippen molar-refractivity contribution in [3.8, 4) is 0 Å². The van der Waals surface area contributed by atoms with Gasteiger partial charge in [0.1, 0.15) is 5.69 Å². The summed E-state index contributed by atoms with van der Waals surface area (Å²) in [6, 6.07) is 6.95. The van der Waals surface area contributed by atoms with E-state index in [2.05, 4.69) is 10.5 Å². The van der Waals surface area contributed by atoms with Gasteiger partial charge < -0.3 is 14.7 Å². The fourth-order valence-corrected chi connectivity index (χ4v) is 5.27. The Morgan fingerprint density at radius 1 is 1.37 bits per heavy atom. The summed E-state index contributed by atoms with van der Waals surface area (Å²) >= 11 is 6.11. The molecule has 10 heteroatoms. The standard InChI is InChI=1S/C20H25ClN4O4S/c1-14-19(18(29-23-14)10-12-24(2)3)30(27,28)25-11-6-7-15(13-25)20(26)22-17-9-5-4-8-16(17)21/h4-5,8-10,12,15H,6-7,11,13H2,1-3H3,(H,22,26). The molecule has 1 atom stereocenters. The third kappa shape index (κ3) is 4.85. The van der Waals surface area contributed by atoms with Crippen LogP contribution in [0.15, 0.2) is 39.9 Å². The van der Waals surface area contributed by atoms with Crippen molar-refractivity contribution in [3.05, 3.63) is 46.9 Å². The SMILES string of the molecule is Cc1noc(C=CN(C)C)c1S(=O)(=O)N1CCCC(C(=O)Nc2ccccc2Cl)C1. The third-order valence-corrected chi connectivity index (χ3v) is 7.20. The van der Waals surface area contributed by atoms with E-state index in [1.54, 1.807) is 48.4 Å². The fraction of sp³-hybridized carbons (Fsp3) is 0.400. The molecule has 0 spiro atoms. The van der Waals surface area contributed by atoms with Crippen molar-refractivity contribution < 1.29 is 17.7 Å². The van der Waals surface area contributed by atoms with E-state index in [0.29, 0.717) is 30.1 Å². The first-order valence-corrected chi connectivity index (χ1v) is 11.4. The lowest BCUT2D eigenvalue weighted by atomic mass is 9.99. The third-order valence-electron chi connectivity index (χ3n) is 4.84. The van der Waals surface area contributed by atoms with E-state index in [9.17, 15) is 13.2 Å². The van der Waals surface area contributed by atoms with Gasteiger partial charge in [0, 0.05) is 39.5 Å². The average Bonchev–Trinajstić information content (AvgIpc) is 3.09. The van der Waals surface area contributed by atoms with Crippen LogP contribution in [-0.2, 0) is 14.8 Å². The summed E-state index contributed by atoms with van der Waals surface area (Å²) in [4.78, 5) is 14.6.